The van der Waals surface area contributed by atoms with Crippen LogP contribution in [0.4, 0.5) is 34.1 Å². The van der Waals surface area contributed by atoms with E-state index in [1.165, 1.54) is 22.6 Å². The maximum absolute atomic E-state index is 13.0. The molecular formula is C88H112N15O13S7+5. The minimum Gasteiger partial charge on any atom is -0.497 e. The molecule has 0 aliphatic carbocycles. The molecule has 5 aliphatic heterocycles. The van der Waals surface area contributed by atoms with Gasteiger partial charge in [-0.15, -0.1) is 4.57 Å². The third-order valence-electron chi connectivity index (χ3n) is 21.6. The summed E-state index contributed by atoms with van der Waals surface area (Å²) in [5, 5.41) is 16.9. The maximum Gasteiger partial charge on any atom is 1.00 e. The van der Waals surface area contributed by atoms with Crippen molar-refractivity contribution in [3.8, 4) is 63.4 Å². The monoisotopic (exact) mass is 1810 g/mol. The first kappa shape index (κ1) is 93.3. The molecule has 5 aromatic carbocycles. The number of hydrogen-bond acceptors (Lipinski definition) is 27. The van der Waals surface area contributed by atoms with Crippen molar-refractivity contribution in [3.05, 3.63) is 206 Å². The topological polar surface area (TPSA) is 296 Å². The van der Waals surface area contributed by atoms with Crippen LogP contribution in [0.15, 0.2) is 127 Å². The third-order valence-corrected chi connectivity index (χ3v) is 27.5. The number of pyridine rings is 5. The van der Waals surface area contributed by atoms with Crippen molar-refractivity contribution >= 4 is 136 Å². The van der Waals surface area contributed by atoms with Crippen molar-refractivity contribution in [1.82, 2.24) is 24.9 Å². The molecule has 35 heteroatoms. The normalized spacial score (nSPS) is 15.6. The van der Waals surface area contributed by atoms with Crippen LogP contribution in [-0.2, 0) is 55.5 Å². The van der Waals surface area contributed by atoms with Crippen molar-refractivity contribution in [2.75, 3.05) is 114 Å². The molecule has 0 bridgehead atoms. The Hall–Kier alpha value is -10.4. The summed E-state index contributed by atoms with van der Waals surface area (Å²) in [5.74, 6) is 12.2. The van der Waals surface area contributed by atoms with Gasteiger partial charge in [0.25, 0.3) is 0 Å². The van der Waals surface area contributed by atoms with Gasteiger partial charge < -0.3 is 72.9 Å². The molecule has 1 spiro atoms. The molecule has 7 aromatic heterocycles. The molecule has 12 heterocycles. The van der Waals surface area contributed by atoms with Crippen LogP contribution in [0.3, 0.4) is 0 Å². The lowest BCUT2D eigenvalue weighted by Crippen LogP contribution is -2.63. The van der Waals surface area contributed by atoms with Crippen LogP contribution in [0.5, 0.6) is 57.5 Å². The number of H-pyrrole nitrogens is 2. The van der Waals surface area contributed by atoms with Gasteiger partial charge in [0, 0.05) is 58.8 Å². The van der Waals surface area contributed by atoms with Crippen LogP contribution in [0.2, 0.25) is 0 Å². The van der Waals surface area contributed by atoms with E-state index in [1.807, 2.05) is 149 Å². The second-order valence-corrected chi connectivity index (χ2v) is 35.7. The Morgan fingerprint density at radius 3 is 1.65 bits per heavy atom. The Morgan fingerprint density at radius 1 is 0.553 bits per heavy atom. The molecule has 17 rings (SSSR count). The number of aromatic amines is 2. The van der Waals surface area contributed by atoms with Gasteiger partial charge in [0.2, 0.25) is 17.1 Å². The van der Waals surface area contributed by atoms with Crippen molar-refractivity contribution in [2.45, 2.75) is 128 Å². The number of aryl methyl sites for hydroxylation is 5. The number of hydrogen-bond donors (Lipinski definition) is 9. The number of imidazole rings is 2. The highest BCUT2D eigenvalue weighted by Gasteiger charge is 2.59. The van der Waals surface area contributed by atoms with E-state index in [-0.39, 0.29) is 27.2 Å². The second-order valence-electron chi connectivity index (χ2n) is 28.7. The quantitative estimate of drug-likeness (QED) is 0.0113. The van der Waals surface area contributed by atoms with Gasteiger partial charge in [-0.05, 0) is 166 Å². The molecule has 0 fully saturated rings. The summed E-state index contributed by atoms with van der Waals surface area (Å²) in [5.41, 5.74) is 25.3. The summed E-state index contributed by atoms with van der Waals surface area (Å²) >= 11 is 6.15. The molecule has 5 atom stereocenters. The van der Waals surface area contributed by atoms with Gasteiger partial charge in [0.15, 0.2) is 29.3 Å². The van der Waals surface area contributed by atoms with Gasteiger partial charge in [-0.3, -0.25) is 19.8 Å². The number of ether oxygens (including phenoxy) is 10. The predicted octanol–water partition coefficient (Wildman–Crippen LogP) is 16.6. The number of fused-ring (bicyclic) bond motifs is 11. The molecule has 0 amide bonds. The highest BCUT2D eigenvalue weighted by molar-refractivity contribution is 8.76. The van der Waals surface area contributed by atoms with Crippen molar-refractivity contribution in [2.24, 2.45) is 0 Å². The number of rotatable bonds is 20. The lowest BCUT2D eigenvalue weighted by Gasteiger charge is -2.28. The van der Waals surface area contributed by atoms with E-state index >= 15 is 0 Å². The van der Waals surface area contributed by atoms with E-state index in [2.05, 4.69) is 136 Å². The molecule has 5 aliphatic rings. The number of aromatic nitrogens is 9. The Kier molecular flexibility index (Phi) is 31.1. The number of thiol groups is 1. The number of anilines is 6. The van der Waals surface area contributed by atoms with Crippen molar-refractivity contribution < 1.29 is 80.0 Å². The average Bonchev–Trinajstić information content (AvgIpc) is 1.56. The summed E-state index contributed by atoms with van der Waals surface area (Å²) < 4.78 is 100. The summed E-state index contributed by atoms with van der Waals surface area (Å²) in [6.07, 6.45) is 13.7. The SMILES string of the molecule is C.COc1ccc2c(c1)N1SCc3c(C)c(OC)c(C)c[n+]3C1N2.COc1ccc2c(c1)NC([n+]1cc(C)c(OC)c(C)c1CSO)N2.COc1ccc2c(c1)NC1(N2)[n+]2cc(C)c(OC)c(C)c2CS1=O.COc1ccc2nc(-[n+]3cc(C)c(OC)c(C)c3CSSC)[nH]c2c1.COc1ccc2nc(S(=O)Cc3ncc(C)c(OC)c3C)[nH]c2c1.CS.[H+]. The van der Waals surface area contributed by atoms with Crippen molar-refractivity contribution in [3.63, 3.8) is 0 Å². The molecule has 28 nitrogen and oxygen atoms in total. The smallest absolute Gasteiger partial charge is 0.497 e. The minimum atomic E-state index is -1.33. The van der Waals surface area contributed by atoms with Gasteiger partial charge in [-0.2, -0.15) is 21.8 Å². The summed E-state index contributed by atoms with van der Waals surface area (Å²) in [6, 6.07) is 29.1. The molecule has 0 saturated carbocycles. The Bertz CT molecular complexity index is 5930. The van der Waals surface area contributed by atoms with Crippen LogP contribution in [0.25, 0.3) is 28.0 Å². The lowest BCUT2D eigenvalue weighted by atomic mass is 10.1. The van der Waals surface area contributed by atoms with Crippen LogP contribution in [0, 0.1) is 69.2 Å². The molecule has 5 unspecified atom stereocenters. The first-order valence-electron chi connectivity index (χ1n) is 38.7. The first-order chi connectivity index (χ1) is 58.8. The molecule has 12 aromatic rings. The molecule has 0 saturated heterocycles. The fraction of sp³-hybridized carbons (Fsp3) is 0.352. The molecule has 123 heavy (non-hydrogen) atoms. The zero-order chi connectivity index (χ0) is 87.7. The number of methoxy groups -OCH3 is 10. The van der Waals surface area contributed by atoms with Gasteiger partial charge in [-0.25, -0.2) is 23.0 Å². The van der Waals surface area contributed by atoms with Gasteiger partial charge >= 0.3 is 25.1 Å². The fourth-order valence-corrected chi connectivity index (χ4v) is 21.3. The summed E-state index contributed by atoms with van der Waals surface area (Å²) in [7, 11) is 17.7. The Balaban J connectivity index is 0.000000161. The Labute approximate surface area is 747 Å². The molecule has 0 radical (unpaired) electrons. The third kappa shape index (κ3) is 19.0. The average molecular weight is 1810 g/mol. The van der Waals surface area contributed by atoms with Gasteiger partial charge in [-0.1, -0.05) is 34.0 Å². The van der Waals surface area contributed by atoms with E-state index in [1.54, 1.807) is 105 Å². The predicted molar refractivity (Wildman–Crippen MR) is 501 cm³/mol. The fourth-order valence-electron chi connectivity index (χ4n) is 15.6. The second kappa shape index (κ2) is 40.9. The zero-order valence-electron chi connectivity index (χ0n) is 73.6. The van der Waals surface area contributed by atoms with Gasteiger partial charge in [0.1, 0.15) is 91.0 Å². The van der Waals surface area contributed by atoms with E-state index in [0.29, 0.717) is 16.7 Å². The van der Waals surface area contributed by atoms with Gasteiger partial charge in [0.05, 0.1) is 190 Å². The highest BCUT2D eigenvalue weighted by atomic mass is 33.1. The maximum atomic E-state index is 13.0. The molecular weight excluding hydrogens is 1700 g/mol. The molecule has 654 valence electrons. The summed E-state index contributed by atoms with van der Waals surface area (Å²) in [4.78, 5) is 20.1. The van der Waals surface area contributed by atoms with E-state index in [9.17, 15) is 13.0 Å². The van der Waals surface area contributed by atoms with E-state index in [0.717, 1.165) is 205 Å². The van der Waals surface area contributed by atoms with Crippen LogP contribution >= 0.6 is 58.2 Å². The standard InChI is InChI=1S/C18H22N3O2S2.C17H20N3O3S.C17H21N3O3S.C17H19N3O3S.C17H20N3O2S.CH4S.CH4/c1-11-9-21(16(10-25-24-5)12(2)17(11)23-4)18-19-14-7-6-13(22-3)8-15(14)20-18;1-10-8-20-15(11(2)16(10)23-4)9-24(21)17(20)18-13-6-5-12(22-3)7-14(13)19-17;1-10-8-20(15(9-24-21)11(2)16(10)23-4)17-18-13-6-5-12(22-3)7-14(13)19-17;1-10-8-18-15(11(2)16(10)23-4)9-24(21)17-19-13-6-5-12(22-3)7-14(13)20-17;1-10-8-19-15(11(2)16(10)22-4)9-23-20-14-7-12(21-3)5-6-13(14)18-17(19)20;1-2;/h6-9H,10H2,1-5H3,(H,19,20);5-8,18-19H,9H2,1-4H3;5-8,17-19H,9H2,1-4H3;5-8H,9H2,1-4H3,(H,19,20);5-8,17-18H,9H2,1-4H3;2H,1H3;1H4/q2*+1;;;+1;;/p+2. The number of benzene rings is 5. The first-order valence-corrected chi connectivity index (χ1v) is 46.9. The van der Waals surface area contributed by atoms with Crippen LogP contribution in [0.1, 0.15) is 106 Å². The largest absolute Gasteiger partial charge is 1.00 e. The van der Waals surface area contributed by atoms with E-state index < -0.39 is 26.7 Å². The summed E-state index contributed by atoms with van der Waals surface area (Å²) in [6.45, 7) is 20.3. The van der Waals surface area contributed by atoms with Crippen LogP contribution < -0.4 is 96.5 Å². The van der Waals surface area contributed by atoms with E-state index in [4.69, 9.17) is 52.4 Å². The number of nitrogens with zero attached hydrogens (tertiary/aromatic N) is 8. The lowest BCUT2D eigenvalue weighted by molar-refractivity contribution is -0.727. The minimum absolute atomic E-state index is 0. The Morgan fingerprint density at radius 2 is 1.05 bits per heavy atom. The van der Waals surface area contributed by atoms with Crippen molar-refractivity contribution in [1.29, 1.82) is 0 Å². The number of nitrogens with one attached hydrogen (secondary N) is 7. The molecule has 8 N–H and O–H groups in total. The van der Waals surface area contributed by atoms with Crippen LogP contribution in [-0.4, -0.2) is 121 Å². The zero-order valence-corrected chi connectivity index (χ0v) is 78.4. The highest BCUT2D eigenvalue weighted by Crippen LogP contribution is 2.48.